The van der Waals surface area contributed by atoms with Gasteiger partial charge in [0, 0.05) is 16.9 Å². The van der Waals surface area contributed by atoms with Crippen molar-refractivity contribution in [1.29, 1.82) is 0 Å². The molecule has 0 N–H and O–H groups in total. The molecule has 0 fully saturated rings. The third-order valence-electron chi connectivity index (χ3n) is 2.00. The highest BCUT2D eigenvalue weighted by Crippen LogP contribution is 2.21. The maximum absolute atomic E-state index is 11.0. The number of ether oxygens (including phenoxy) is 1. The van der Waals surface area contributed by atoms with Gasteiger partial charge in [0.1, 0.15) is 0 Å². The number of rotatable bonds is 3. The minimum absolute atomic E-state index is 0.132. The van der Waals surface area contributed by atoms with Gasteiger partial charge in [-0.3, -0.25) is 9.78 Å². The molecule has 1 heterocycles. The van der Waals surface area contributed by atoms with Crippen molar-refractivity contribution in [2.75, 3.05) is 7.11 Å². The van der Waals surface area contributed by atoms with Crippen LogP contribution >= 0.6 is 15.9 Å². The molecule has 4 heteroatoms. The molecule has 1 aromatic rings. The van der Waals surface area contributed by atoms with Crippen LogP contribution in [0.5, 0.6) is 0 Å². The highest BCUT2D eigenvalue weighted by molar-refractivity contribution is 9.10. The number of aromatic nitrogens is 1. The Hall–Kier alpha value is -0.900. The molecule has 76 valence electrons. The second kappa shape index (κ2) is 5.10. The minimum atomic E-state index is -0.197. The molecule has 0 aromatic carbocycles. The molecular formula is C10H12BrNO2. The average Bonchev–Trinajstić information content (AvgIpc) is 2.17. The molecule has 0 radical (unpaired) electrons. The maximum Gasteiger partial charge on any atom is 0.306 e. The standard InChI is InChI=1S/C10H12BrNO2/c1-7(3-10(13)14-2)8-4-9(11)6-12-5-8/h4-7H,3H2,1-2H3/t7-/m0/s1. The first kappa shape index (κ1) is 11.2. The van der Waals surface area contributed by atoms with Gasteiger partial charge in [0.05, 0.1) is 13.5 Å². The van der Waals surface area contributed by atoms with Crippen molar-refractivity contribution in [1.82, 2.24) is 4.98 Å². The van der Waals surface area contributed by atoms with Gasteiger partial charge in [0.2, 0.25) is 0 Å². The van der Waals surface area contributed by atoms with E-state index in [4.69, 9.17) is 0 Å². The Bertz CT molecular complexity index is 328. The van der Waals surface area contributed by atoms with E-state index in [1.54, 1.807) is 12.4 Å². The molecule has 14 heavy (non-hydrogen) atoms. The van der Waals surface area contributed by atoms with Crippen molar-refractivity contribution in [3.63, 3.8) is 0 Å². The summed E-state index contributed by atoms with van der Waals surface area (Å²) in [6, 6.07) is 1.96. The number of carbonyl (C=O) groups is 1. The molecule has 0 unspecified atom stereocenters. The first-order chi connectivity index (χ1) is 6.63. The third-order valence-corrected chi connectivity index (χ3v) is 2.43. The predicted octanol–water partition coefficient (Wildman–Crippen LogP) is 2.51. The van der Waals surface area contributed by atoms with Crippen LogP contribution in [0.15, 0.2) is 22.9 Å². The Kier molecular flexibility index (Phi) is 4.07. The van der Waals surface area contributed by atoms with E-state index >= 15 is 0 Å². The summed E-state index contributed by atoms with van der Waals surface area (Å²) < 4.78 is 5.52. The van der Waals surface area contributed by atoms with E-state index in [1.807, 2.05) is 13.0 Å². The number of pyridine rings is 1. The summed E-state index contributed by atoms with van der Waals surface area (Å²) in [5.41, 5.74) is 1.03. The fourth-order valence-corrected chi connectivity index (χ4v) is 1.53. The van der Waals surface area contributed by atoms with Crippen molar-refractivity contribution < 1.29 is 9.53 Å². The van der Waals surface area contributed by atoms with E-state index in [0.29, 0.717) is 6.42 Å². The predicted molar refractivity (Wildman–Crippen MR) is 57.0 cm³/mol. The zero-order valence-electron chi connectivity index (χ0n) is 8.16. The quantitative estimate of drug-likeness (QED) is 0.782. The highest BCUT2D eigenvalue weighted by atomic mass is 79.9. The van der Waals surface area contributed by atoms with E-state index in [2.05, 4.69) is 25.7 Å². The molecular weight excluding hydrogens is 246 g/mol. The first-order valence-electron chi connectivity index (χ1n) is 4.30. The van der Waals surface area contributed by atoms with E-state index in [-0.39, 0.29) is 11.9 Å². The summed E-state index contributed by atoms with van der Waals surface area (Å²) in [4.78, 5) is 15.1. The largest absolute Gasteiger partial charge is 0.469 e. The van der Waals surface area contributed by atoms with E-state index < -0.39 is 0 Å². The second-order valence-electron chi connectivity index (χ2n) is 3.12. The molecule has 0 aliphatic heterocycles. The zero-order chi connectivity index (χ0) is 10.6. The van der Waals surface area contributed by atoms with Crippen LogP contribution < -0.4 is 0 Å². The Morgan fingerprint density at radius 2 is 2.36 bits per heavy atom. The highest BCUT2D eigenvalue weighted by Gasteiger charge is 2.11. The topological polar surface area (TPSA) is 39.2 Å². The van der Waals surface area contributed by atoms with Crippen LogP contribution in [0.3, 0.4) is 0 Å². The maximum atomic E-state index is 11.0. The number of nitrogens with zero attached hydrogens (tertiary/aromatic N) is 1. The number of hydrogen-bond acceptors (Lipinski definition) is 3. The van der Waals surface area contributed by atoms with Crippen LogP contribution in [0.1, 0.15) is 24.8 Å². The summed E-state index contributed by atoms with van der Waals surface area (Å²) in [7, 11) is 1.40. The van der Waals surface area contributed by atoms with E-state index in [9.17, 15) is 4.79 Å². The molecule has 3 nitrogen and oxygen atoms in total. The van der Waals surface area contributed by atoms with Crippen molar-refractivity contribution in [3.8, 4) is 0 Å². The van der Waals surface area contributed by atoms with Gasteiger partial charge in [0.25, 0.3) is 0 Å². The molecule has 1 aromatic heterocycles. The van der Waals surface area contributed by atoms with Crippen LogP contribution in [0.25, 0.3) is 0 Å². The monoisotopic (exact) mass is 257 g/mol. The lowest BCUT2D eigenvalue weighted by Crippen LogP contribution is -2.06. The SMILES string of the molecule is COC(=O)C[C@H](C)c1cncc(Br)c1. The average molecular weight is 258 g/mol. The summed E-state index contributed by atoms with van der Waals surface area (Å²) in [6.45, 7) is 1.97. The van der Waals surface area contributed by atoms with Gasteiger partial charge in [0.15, 0.2) is 0 Å². The Morgan fingerprint density at radius 1 is 1.64 bits per heavy atom. The van der Waals surface area contributed by atoms with Gasteiger partial charge in [-0.2, -0.15) is 0 Å². The van der Waals surface area contributed by atoms with Crippen LogP contribution in [-0.4, -0.2) is 18.1 Å². The van der Waals surface area contributed by atoms with E-state index in [1.165, 1.54) is 7.11 Å². The van der Waals surface area contributed by atoms with Crippen molar-refractivity contribution >= 4 is 21.9 Å². The molecule has 0 saturated heterocycles. The molecule has 0 aliphatic rings. The lowest BCUT2D eigenvalue weighted by molar-refractivity contribution is -0.140. The zero-order valence-corrected chi connectivity index (χ0v) is 9.74. The summed E-state index contributed by atoms with van der Waals surface area (Å²) in [6.07, 6.45) is 3.86. The normalized spacial score (nSPS) is 12.2. The smallest absolute Gasteiger partial charge is 0.306 e. The molecule has 0 saturated carbocycles. The summed E-state index contributed by atoms with van der Waals surface area (Å²) in [5, 5.41) is 0. The number of carbonyl (C=O) groups excluding carboxylic acids is 1. The molecule has 1 rings (SSSR count). The Labute approximate surface area is 91.6 Å². The Morgan fingerprint density at radius 3 is 2.93 bits per heavy atom. The fraction of sp³-hybridized carbons (Fsp3) is 0.400. The lowest BCUT2D eigenvalue weighted by Gasteiger charge is -2.09. The number of methoxy groups -OCH3 is 1. The van der Waals surface area contributed by atoms with Gasteiger partial charge < -0.3 is 4.74 Å². The van der Waals surface area contributed by atoms with Crippen molar-refractivity contribution in [2.45, 2.75) is 19.3 Å². The summed E-state index contributed by atoms with van der Waals surface area (Å²) in [5.74, 6) is -0.0649. The van der Waals surface area contributed by atoms with Crippen molar-refractivity contribution in [3.05, 3.63) is 28.5 Å². The van der Waals surface area contributed by atoms with Gasteiger partial charge in [-0.25, -0.2) is 0 Å². The van der Waals surface area contributed by atoms with Gasteiger partial charge in [-0.1, -0.05) is 6.92 Å². The van der Waals surface area contributed by atoms with Crippen LogP contribution in [-0.2, 0) is 9.53 Å². The first-order valence-corrected chi connectivity index (χ1v) is 5.10. The van der Waals surface area contributed by atoms with Crippen LogP contribution in [0.2, 0.25) is 0 Å². The molecule has 0 spiro atoms. The summed E-state index contributed by atoms with van der Waals surface area (Å²) >= 11 is 3.34. The molecule has 0 bridgehead atoms. The van der Waals surface area contributed by atoms with E-state index in [0.717, 1.165) is 10.0 Å². The molecule has 0 aliphatic carbocycles. The van der Waals surface area contributed by atoms with Crippen LogP contribution in [0.4, 0.5) is 0 Å². The van der Waals surface area contributed by atoms with Gasteiger partial charge >= 0.3 is 5.97 Å². The van der Waals surface area contributed by atoms with Crippen molar-refractivity contribution in [2.24, 2.45) is 0 Å². The molecule has 1 atom stereocenters. The fourth-order valence-electron chi connectivity index (χ4n) is 1.15. The van der Waals surface area contributed by atoms with Gasteiger partial charge in [-0.05, 0) is 33.5 Å². The molecule has 0 amide bonds. The van der Waals surface area contributed by atoms with Gasteiger partial charge in [-0.15, -0.1) is 0 Å². The Balaban J connectivity index is 2.69. The number of hydrogen-bond donors (Lipinski definition) is 0. The number of halogens is 1. The second-order valence-corrected chi connectivity index (χ2v) is 4.03. The third kappa shape index (κ3) is 3.10. The van der Waals surface area contributed by atoms with Crippen LogP contribution in [0, 0.1) is 0 Å². The number of esters is 1. The minimum Gasteiger partial charge on any atom is -0.469 e. The lowest BCUT2D eigenvalue weighted by atomic mass is 10.00.